The summed E-state index contributed by atoms with van der Waals surface area (Å²) in [4.78, 5) is 40.4. The van der Waals surface area contributed by atoms with Gasteiger partial charge in [0.25, 0.3) is 6.47 Å². The quantitative estimate of drug-likeness (QED) is 0.412. The first-order chi connectivity index (χ1) is 16.0. The third-order valence-corrected chi connectivity index (χ3v) is 4.62. The van der Waals surface area contributed by atoms with Gasteiger partial charge in [-0.15, -0.1) is 0 Å². The third-order valence-electron chi connectivity index (χ3n) is 4.62. The zero-order valence-electron chi connectivity index (χ0n) is 17.5. The Morgan fingerprint density at radius 2 is 1.82 bits per heavy atom. The zero-order chi connectivity index (χ0) is 23.6. The summed E-state index contributed by atoms with van der Waals surface area (Å²) in [7, 11) is 0. The number of hydrogen-bond donors (Lipinski definition) is 3. The number of nitrogen functional groups attached to an aromatic ring is 1. The summed E-state index contributed by atoms with van der Waals surface area (Å²) < 4.78 is 0. The van der Waals surface area contributed by atoms with Crippen molar-refractivity contribution in [1.29, 1.82) is 0 Å². The molecular weight excluding hydrogens is 422 g/mol. The van der Waals surface area contributed by atoms with E-state index in [1.54, 1.807) is 41.4 Å². The predicted molar refractivity (Wildman–Crippen MR) is 125 cm³/mol. The molecule has 0 bridgehead atoms. The molecule has 0 saturated carbocycles. The van der Waals surface area contributed by atoms with Crippen molar-refractivity contribution in [2.75, 3.05) is 29.0 Å². The molecule has 2 heterocycles. The second-order valence-corrected chi connectivity index (χ2v) is 6.72. The number of amides is 4. The summed E-state index contributed by atoms with van der Waals surface area (Å²) >= 11 is 0. The lowest BCUT2D eigenvalue weighted by Crippen LogP contribution is -2.39. The first kappa shape index (κ1) is 22.8. The molecule has 9 heteroatoms. The van der Waals surface area contributed by atoms with Crippen molar-refractivity contribution in [3.05, 3.63) is 84.1 Å². The van der Waals surface area contributed by atoms with E-state index in [1.807, 2.05) is 36.4 Å². The highest BCUT2D eigenvalue weighted by atomic mass is 16.3. The van der Waals surface area contributed by atoms with Crippen LogP contribution in [0.5, 0.6) is 0 Å². The van der Waals surface area contributed by atoms with Crippen LogP contribution in [0.1, 0.15) is 11.1 Å². The molecule has 4 N–H and O–H groups in total. The van der Waals surface area contributed by atoms with E-state index in [1.165, 1.54) is 4.90 Å². The van der Waals surface area contributed by atoms with Crippen LogP contribution in [0.25, 0.3) is 0 Å². The van der Waals surface area contributed by atoms with Gasteiger partial charge in [-0.1, -0.05) is 36.1 Å². The molecule has 4 rings (SSSR count). The van der Waals surface area contributed by atoms with Crippen molar-refractivity contribution in [2.24, 2.45) is 0 Å². The van der Waals surface area contributed by atoms with Gasteiger partial charge in [0.2, 0.25) is 0 Å². The van der Waals surface area contributed by atoms with Gasteiger partial charge >= 0.3 is 12.1 Å². The van der Waals surface area contributed by atoms with Crippen LogP contribution in [-0.4, -0.2) is 46.6 Å². The average molecular weight is 443 g/mol. The van der Waals surface area contributed by atoms with E-state index in [9.17, 15) is 9.59 Å². The monoisotopic (exact) mass is 443 g/mol. The number of rotatable bonds is 2. The summed E-state index contributed by atoms with van der Waals surface area (Å²) in [6.45, 7) is 0.521. The molecular formula is C24H21N5O4. The molecule has 0 unspecified atom stereocenters. The lowest BCUT2D eigenvalue weighted by Gasteiger charge is -2.18. The standard InChI is InChI=1S/C23H19N5O2.CH2O2/c24-21-18(7-5-13-25-21)12-11-17-6-4-8-19(16-17)26-22(29)28-15-14-27(23(28)30)20-9-2-1-3-10-20;2-1-3/h1-10,13,16H,14-15H2,(H2,24,25)(H,26,29);1H,(H,2,3). The van der Waals surface area contributed by atoms with Gasteiger partial charge in [-0.05, 0) is 42.5 Å². The Bertz CT molecular complexity index is 1200. The highest BCUT2D eigenvalue weighted by molar-refractivity contribution is 6.08. The molecule has 3 aromatic rings. The smallest absolute Gasteiger partial charge is 0.332 e. The van der Waals surface area contributed by atoms with Crippen LogP contribution < -0.4 is 16.0 Å². The second-order valence-electron chi connectivity index (χ2n) is 6.72. The maximum absolute atomic E-state index is 12.6. The first-order valence-electron chi connectivity index (χ1n) is 9.89. The number of aromatic nitrogens is 1. The van der Waals surface area contributed by atoms with Crippen molar-refractivity contribution >= 4 is 35.7 Å². The average Bonchev–Trinajstić information content (AvgIpc) is 3.21. The number of imide groups is 1. The van der Waals surface area contributed by atoms with Crippen molar-refractivity contribution in [2.45, 2.75) is 0 Å². The molecule has 9 nitrogen and oxygen atoms in total. The highest BCUT2D eigenvalue weighted by Crippen LogP contribution is 2.21. The molecule has 1 aromatic heterocycles. The van der Waals surface area contributed by atoms with Crippen LogP contribution in [0, 0.1) is 11.8 Å². The molecule has 4 amide bonds. The van der Waals surface area contributed by atoms with E-state index in [2.05, 4.69) is 22.1 Å². The Labute approximate surface area is 190 Å². The normalized spacial score (nSPS) is 12.2. The molecule has 33 heavy (non-hydrogen) atoms. The maximum Gasteiger partial charge on any atom is 0.332 e. The number of benzene rings is 2. The molecule has 2 aromatic carbocycles. The van der Waals surface area contributed by atoms with E-state index >= 15 is 0 Å². The lowest BCUT2D eigenvalue weighted by molar-refractivity contribution is -0.122. The number of hydrogen-bond acceptors (Lipinski definition) is 5. The number of nitrogens with zero attached hydrogens (tertiary/aromatic N) is 3. The van der Waals surface area contributed by atoms with Crippen LogP contribution in [0.4, 0.5) is 26.8 Å². The van der Waals surface area contributed by atoms with Gasteiger partial charge in [0.15, 0.2) is 0 Å². The Hall–Kier alpha value is -4.84. The minimum Gasteiger partial charge on any atom is -0.483 e. The van der Waals surface area contributed by atoms with Crippen LogP contribution in [-0.2, 0) is 4.79 Å². The van der Waals surface area contributed by atoms with Gasteiger partial charge in [0.1, 0.15) is 5.82 Å². The highest BCUT2D eigenvalue weighted by Gasteiger charge is 2.33. The maximum atomic E-state index is 12.6. The molecule has 0 aliphatic carbocycles. The van der Waals surface area contributed by atoms with Crippen molar-refractivity contribution in [3.8, 4) is 11.8 Å². The Balaban J connectivity index is 0.000000968. The van der Waals surface area contributed by atoms with E-state index in [4.69, 9.17) is 15.6 Å². The number of pyridine rings is 1. The molecule has 1 aliphatic heterocycles. The van der Waals surface area contributed by atoms with Crippen LogP contribution in [0.15, 0.2) is 72.9 Å². The number of carbonyl (C=O) groups excluding carboxylic acids is 2. The molecule has 0 radical (unpaired) electrons. The molecule has 0 spiro atoms. The minimum atomic E-state index is -0.472. The largest absolute Gasteiger partial charge is 0.483 e. The fourth-order valence-electron chi connectivity index (χ4n) is 3.10. The third kappa shape index (κ3) is 5.86. The Kier molecular flexibility index (Phi) is 7.59. The predicted octanol–water partition coefficient (Wildman–Crippen LogP) is 3.24. The molecule has 1 aliphatic rings. The number of carboxylic acid groups (broad SMARTS) is 1. The summed E-state index contributed by atoms with van der Waals surface area (Å²) in [6, 6.07) is 19.1. The zero-order valence-corrected chi connectivity index (χ0v) is 17.5. The summed E-state index contributed by atoms with van der Waals surface area (Å²) in [5.74, 6) is 6.35. The van der Waals surface area contributed by atoms with Gasteiger partial charge in [-0.2, -0.15) is 0 Å². The fraction of sp³-hybridized carbons (Fsp3) is 0.0833. The van der Waals surface area contributed by atoms with Crippen LogP contribution in [0.2, 0.25) is 0 Å². The molecule has 166 valence electrons. The minimum absolute atomic E-state index is 0.250. The summed E-state index contributed by atoms with van der Waals surface area (Å²) in [6.07, 6.45) is 1.61. The van der Waals surface area contributed by atoms with Crippen molar-refractivity contribution in [3.63, 3.8) is 0 Å². The lowest BCUT2D eigenvalue weighted by atomic mass is 10.2. The number of para-hydroxylation sites is 1. The SMILES string of the molecule is Nc1ncccc1C#Cc1cccc(NC(=O)N2CCN(c3ccccc3)C2=O)c1.O=CO. The first-order valence-corrected chi connectivity index (χ1v) is 9.89. The van der Waals surface area contributed by atoms with Gasteiger partial charge in [-0.25, -0.2) is 19.5 Å². The van der Waals surface area contributed by atoms with E-state index in [0.717, 1.165) is 5.69 Å². The summed E-state index contributed by atoms with van der Waals surface area (Å²) in [5, 5.41) is 9.66. The Morgan fingerprint density at radius 3 is 2.55 bits per heavy atom. The van der Waals surface area contributed by atoms with Gasteiger partial charge in [0.05, 0.1) is 12.1 Å². The molecule has 1 fully saturated rings. The summed E-state index contributed by atoms with van der Waals surface area (Å²) in [5.41, 5.74) is 8.46. The van der Waals surface area contributed by atoms with Gasteiger partial charge < -0.3 is 16.2 Å². The van der Waals surface area contributed by atoms with Crippen molar-refractivity contribution in [1.82, 2.24) is 9.88 Å². The van der Waals surface area contributed by atoms with E-state index in [-0.39, 0.29) is 12.5 Å². The number of nitrogens with two attached hydrogens (primary N) is 1. The van der Waals surface area contributed by atoms with Crippen LogP contribution >= 0.6 is 0 Å². The fourth-order valence-corrected chi connectivity index (χ4v) is 3.10. The van der Waals surface area contributed by atoms with E-state index < -0.39 is 6.03 Å². The number of nitrogens with one attached hydrogen (secondary N) is 1. The molecule has 1 saturated heterocycles. The van der Waals surface area contributed by atoms with E-state index in [0.29, 0.717) is 35.7 Å². The number of anilines is 3. The van der Waals surface area contributed by atoms with Gasteiger partial charge in [-0.3, -0.25) is 9.69 Å². The second kappa shape index (κ2) is 11.0. The topological polar surface area (TPSA) is 129 Å². The Morgan fingerprint density at radius 1 is 1.06 bits per heavy atom. The number of carbonyl (C=O) groups is 3. The van der Waals surface area contributed by atoms with Gasteiger partial charge in [0, 0.05) is 29.7 Å². The number of urea groups is 2. The van der Waals surface area contributed by atoms with Crippen LogP contribution in [0.3, 0.4) is 0 Å². The molecule has 0 atom stereocenters. The van der Waals surface area contributed by atoms with Crippen molar-refractivity contribution < 1.29 is 19.5 Å².